The number of aromatic nitrogens is 3. The van der Waals surface area contributed by atoms with Gasteiger partial charge in [0.15, 0.2) is 0 Å². The zero-order valence-corrected chi connectivity index (χ0v) is 14.4. The SMILES string of the molecule is CN(C)Cc1cc([C@H]2CCCN2C(=O)c2cccnc2N)nn1C. The molecule has 1 amide bonds. The van der Waals surface area contributed by atoms with Crippen molar-refractivity contribution in [3.8, 4) is 0 Å². The van der Waals surface area contributed by atoms with Gasteiger partial charge in [-0.25, -0.2) is 4.98 Å². The zero-order valence-electron chi connectivity index (χ0n) is 14.4. The number of amides is 1. The van der Waals surface area contributed by atoms with E-state index >= 15 is 0 Å². The third-order valence-corrected chi connectivity index (χ3v) is 4.40. The van der Waals surface area contributed by atoms with Gasteiger partial charge in [0.2, 0.25) is 0 Å². The summed E-state index contributed by atoms with van der Waals surface area (Å²) >= 11 is 0. The van der Waals surface area contributed by atoms with Crippen molar-refractivity contribution in [2.75, 3.05) is 26.4 Å². The Hall–Kier alpha value is -2.41. The fourth-order valence-electron chi connectivity index (χ4n) is 3.24. The third-order valence-electron chi connectivity index (χ3n) is 4.40. The first-order chi connectivity index (χ1) is 11.5. The van der Waals surface area contributed by atoms with Crippen LogP contribution < -0.4 is 5.73 Å². The van der Waals surface area contributed by atoms with Crippen LogP contribution in [-0.4, -0.2) is 51.1 Å². The number of nitrogens with two attached hydrogens (primary N) is 1. The maximum Gasteiger partial charge on any atom is 0.258 e. The van der Waals surface area contributed by atoms with Crippen molar-refractivity contribution in [3.63, 3.8) is 0 Å². The monoisotopic (exact) mass is 328 g/mol. The molecule has 1 fully saturated rings. The van der Waals surface area contributed by atoms with Gasteiger partial charge in [0.1, 0.15) is 5.82 Å². The first-order valence-electron chi connectivity index (χ1n) is 8.16. The minimum atomic E-state index is -0.0667. The van der Waals surface area contributed by atoms with Crippen LogP contribution in [0.4, 0.5) is 5.82 Å². The van der Waals surface area contributed by atoms with E-state index in [1.54, 1.807) is 18.3 Å². The molecule has 0 spiro atoms. The Labute approximate surface area is 142 Å². The predicted octanol–water partition coefficient (Wildman–Crippen LogP) is 1.44. The Morgan fingerprint density at radius 3 is 2.96 bits per heavy atom. The van der Waals surface area contributed by atoms with E-state index in [4.69, 9.17) is 5.73 Å². The van der Waals surface area contributed by atoms with E-state index in [2.05, 4.69) is 21.0 Å². The molecule has 0 radical (unpaired) electrons. The summed E-state index contributed by atoms with van der Waals surface area (Å²) < 4.78 is 1.90. The fourth-order valence-corrected chi connectivity index (χ4v) is 3.24. The summed E-state index contributed by atoms with van der Waals surface area (Å²) in [4.78, 5) is 20.9. The molecule has 2 N–H and O–H groups in total. The molecule has 0 unspecified atom stereocenters. The Balaban J connectivity index is 1.86. The average Bonchev–Trinajstić information content (AvgIpc) is 3.14. The lowest BCUT2D eigenvalue weighted by Gasteiger charge is -2.23. The maximum absolute atomic E-state index is 12.9. The summed E-state index contributed by atoms with van der Waals surface area (Å²) in [6.07, 6.45) is 3.49. The van der Waals surface area contributed by atoms with Gasteiger partial charge in [-0.1, -0.05) is 0 Å². The van der Waals surface area contributed by atoms with E-state index in [0.717, 1.165) is 37.3 Å². The number of rotatable bonds is 4. The number of nitrogens with zero attached hydrogens (tertiary/aromatic N) is 5. The highest BCUT2D eigenvalue weighted by atomic mass is 16.2. The first-order valence-corrected chi connectivity index (χ1v) is 8.16. The minimum absolute atomic E-state index is 0.000724. The number of hydrogen-bond acceptors (Lipinski definition) is 5. The first kappa shape index (κ1) is 16.4. The van der Waals surface area contributed by atoms with Crippen LogP contribution in [0.3, 0.4) is 0 Å². The second kappa shape index (κ2) is 6.60. The molecule has 3 rings (SSSR count). The molecule has 24 heavy (non-hydrogen) atoms. The molecule has 2 aromatic rings. The van der Waals surface area contributed by atoms with Crippen LogP contribution in [0.2, 0.25) is 0 Å². The molecule has 0 saturated carbocycles. The smallest absolute Gasteiger partial charge is 0.258 e. The van der Waals surface area contributed by atoms with Crippen LogP contribution in [0.25, 0.3) is 0 Å². The Morgan fingerprint density at radius 1 is 1.46 bits per heavy atom. The molecular formula is C17H24N6O. The number of pyridine rings is 1. The average molecular weight is 328 g/mol. The summed E-state index contributed by atoms with van der Waals surface area (Å²) in [5.74, 6) is 0.213. The highest BCUT2D eigenvalue weighted by molar-refractivity contribution is 5.98. The number of hydrogen-bond donors (Lipinski definition) is 1. The van der Waals surface area contributed by atoms with Gasteiger partial charge in [-0.15, -0.1) is 0 Å². The molecule has 7 nitrogen and oxygen atoms in total. The van der Waals surface area contributed by atoms with Crippen LogP contribution >= 0.6 is 0 Å². The van der Waals surface area contributed by atoms with Crippen molar-refractivity contribution in [1.82, 2.24) is 24.6 Å². The van der Waals surface area contributed by atoms with E-state index in [-0.39, 0.29) is 17.8 Å². The van der Waals surface area contributed by atoms with Crippen molar-refractivity contribution in [2.45, 2.75) is 25.4 Å². The number of carbonyl (C=O) groups is 1. The van der Waals surface area contributed by atoms with Crippen LogP contribution in [0, 0.1) is 0 Å². The second-order valence-electron chi connectivity index (χ2n) is 6.51. The Morgan fingerprint density at radius 2 is 2.25 bits per heavy atom. The fraction of sp³-hybridized carbons (Fsp3) is 0.471. The van der Waals surface area contributed by atoms with Gasteiger partial charge in [-0.2, -0.15) is 5.10 Å². The van der Waals surface area contributed by atoms with Crippen LogP contribution in [0.5, 0.6) is 0 Å². The summed E-state index contributed by atoms with van der Waals surface area (Å²) in [5.41, 5.74) is 8.42. The van der Waals surface area contributed by atoms with Gasteiger partial charge in [0.25, 0.3) is 5.91 Å². The number of likely N-dealkylation sites (tertiary alicyclic amines) is 1. The summed E-state index contributed by atoms with van der Waals surface area (Å²) in [7, 11) is 6.01. The van der Waals surface area contributed by atoms with Gasteiger partial charge in [0, 0.05) is 26.3 Å². The van der Waals surface area contributed by atoms with Crippen molar-refractivity contribution >= 4 is 11.7 Å². The Kier molecular flexibility index (Phi) is 4.53. The van der Waals surface area contributed by atoms with E-state index in [1.165, 1.54) is 0 Å². The molecule has 0 aromatic carbocycles. The molecule has 128 valence electrons. The summed E-state index contributed by atoms with van der Waals surface area (Å²) in [5, 5.41) is 4.64. The number of nitrogen functional groups attached to an aromatic ring is 1. The van der Waals surface area contributed by atoms with E-state index in [9.17, 15) is 4.79 Å². The van der Waals surface area contributed by atoms with Gasteiger partial charge in [-0.3, -0.25) is 9.48 Å². The highest BCUT2D eigenvalue weighted by Gasteiger charge is 2.33. The van der Waals surface area contributed by atoms with Gasteiger partial charge >= 0.3 is 0 Å². The van der Waals surface area contributed by atoms with Crippen molar-refractivity contribution < 1.29 is 4.79 Å². The molecule has 1 aliphatic rings. The molecule has 0 bridgehead atoms. The third kappa shape index (κ3) is 3.12. The topological polar surface area (TPSA) is 80.3 Å². The van der Waals surface area contributed by atoms with Crippen LogP contribution in [0.1, 0.15) is 40.6 Å². The summed E-state index contributed by atoms with van der Waals surface area (Å²) in [6, 6.07) is 5.57. The van der Waals surface area contributed by atoms with Crippen LogP contribution in [-0.2, 0) is 13.6 Å². The van der Waals surface area contributed by atoms with E-state index < -0.39 is 0 Å². The van der Waals surface area contributed by atoms with Crippen molar-refractivity contribution in [1.29, 1.82) is 0 Å². The Bertz CT molecular complexity index is 738. The van der Waals surface area contributed by atoms with E-state index in [0.29, 0.717) is 5.56 Å². The minimum Gasteiger partial charge on any atom is -0.383 e. The molecule has 1 atom stereocenters. The standard InChI is InChI=1S/C17H24N6O/c1-21(2)11-12-10-14(20-22(12)3)15-7-5-9-23(15)17(24)13-6-4-8-19-16(13)18/h4,6,8,10,15H,5,7,9,11H2,1-3H3,(H2,18,19)/t15-/m1/s1. The number of anilines is 1. The second-order valence-corrected chi connectivity index (χ2v) is 6.51. The van der Waals surface area contributed by atoms with Gasteiger partial charge < -0.3 is 15.5 Å². The largest absolute Gasteiger partial charge is 0.383 e. The zero-order chi connectivity index (χ0) is 17.3. The lowest BCUT2D eigenvalue weighted by molar-refractivity contribution is 0.0733. The van der Waals surface area contributed by atoms with E-state index in [1.807, 2.05) is 30.7 Å². The van der Waals surface area contributed by atoms with Crippen molar-refractivity contribution in [3.05, 3.63) is 41.3 Å². The lowest BCUT2D eigenvalue weighted by Crippen LogP contribution is -2.31. The van der Waals surface area contributed by atoms with Crippen molar-refractivity contribution in [2.24, 2.45) is 7.05 Å². The molecule has 2 aromatic heterocycles. The van der Waals surface area contributed by atoms with Gasteiger partial charge in [-0.05, 0) is 45.1 Å². The molecule has 1 saturated heterocycles. The normalized spacial score (nSPS) is 17.7. The maximum atomic E-state index is 12.9. The molecule has 1 aliphatic heterocycles. The molecule has 0 aliphatic carbocycles. The summed E-state index contributed by atoms with van der Waals surface area (Å²) in [6.45, 7) is 1.54. The molecule has 7 heteroatoms. The van der Waals surface area contributed by atoms with Crippen LogP contribution in [0.15, 0.2) is 24.4 Å². The molecular weight excluding hydrogens is 304 g/mol. The predicted molar refractivity (Wildman–Crippen MR) is 92.3 cm³/mol. The molecule has 3 heterocycles. The number of aryl methyl sites for hydroxylation is 1. The van der Waals surface area contributed by atoms with Gasteiger partial charge in [0.05, 0.1) is 23.0 Å². The lowest BCUT2D eigenvalue weighted by atomic mass is 10.1. The quantitative estimate of drug-likeness (QED) is 0.918. The number of carbonyl (C=O) groups excluding carboxylic acids is 1. The highest BCUT2D eigenvalue weighted by Crippen LogP contribution is 2.33.